The van der Waals surface area contributed by atoms with E-state index in [1.54, 1.807) is 6.07 Å². The summed E-state index contributed by atoms with van der Waals surface area (Å²) >= 11 is 0. The van der Waals surface area contributed by atoms with E-state index in [1.165, 1.54) is 0 Å². The van der Waals surface area contributed by atoms with Gasteiger partial charge in [-0.05, 0) is 25.0 Å². The van der Waals surface area contributed by atoms with Crippen LogP contribution < -0.4 is 4.90 Å². The summed E-state index contributed by atoms with van der Waals surface area (Å²) in [6.07, 6.45) is 1.71. The Morgan fingerprint density at radius 1 is 1.17 bits per heavy atom. The van der Waals surface area contributed by atoms with Crippen LogP contribution in [0.25, 0.3) is 0 Å². The van der Waals surface area contributed by atoms with E-state index >= 15 is 0 Å². The number of Topliss-reactive ketones (excluding diaryl/α,β-unsaturated/α-hetero) is 1. The van der Waals surface area contributed by atoms with E-state index < -0.39 is 5.97 Å². The number of nitrogens with zero attached hydrogens (tertiary/aromatic N) is 1. The zero-order valence-corrected chi connectivity index (χ0v) is 10.8. The van der Waals surface area contributed by atoms with Gasteiger partial charge in [-0.25, -0.2) is 0 Å². The molecule has 0 saturated carbocycles. The fraction of sp³-hybridized carbons (Fsp3) is 0.429. The molecule has 0 aliphatic rings. The molecule has 1 N–H and O–H groups in total. The van der Waals surface area contributed by atoms with Crippen LogP contribution in [-0.2, 0) is 4.79 Å². The van der Waals surface area contributed by atoms with Gasteiger partial charge in [0.15, 0.2) is 5.78 Å². The third-order valence-corrected chi connectivity index (χ3v) is 2.73. The molecule has 0 aliphatic carbocycles. The smallest absolute Gasteiger partial charge is 0.303 e. The minimum atomic E-state index is -0.808. The fourth-order valence-electron chi connectivity index (χ4n) is 1.66. The van der Waals surface area contributed by atoms with Crippen molar-refractivity contribution in [3.05, 3.63) is 29.8 Å². The molecule has 1 aromatic carbocycles. The lowest BCUT2D eigenvalue weighted by atomic mass is 10.0. The number of carbonyl (C=O) groups is 2. The van der Waals surface area contributed by atoms with Crippen molar-refractivity contribution < 1.29 is 14.7 Å². The van der Waals surface area contributed by atoms with E-state index in [-0.39, 0.29) is 12.2 Å². The molecule has 0 aliphatic heterocycles. The minimum absolute atomic E-state index is 0.0732. The summed E-state index contributed by atoms with van der Waals surface area (Å²) in [5.41, 5.74) is 1.68. The Hall–Kier alpha value is -1.84. The Balaban J connectivity index is 2.51. The number of benzene rings is 1. The van der Waals surface area contributed by atoms with Crippen LogP contribution in [0.4, 0.5) is 5.69 Å². The van der Waals surface area contributed by atoms with Crippen molar-refractivity contribution in [2.75, 3.05) is 19.0 Å². The van der Waals surface area contributed by atoms with Crippen LogP contribution in [0.5, 0.6) is 0 Å². The van der Waals surface area contributed by atoms with Crippen LogP contribution in [0, 0.1) is 0 Å². The molecule has 0 bridgehead atoms. The summed E-state index contributed by atoms with van der Waals surface area (Å²) in [4.78, 5) is 24.2. The highest BCUT2D eigenvalue weighted by Gasteiger charge is 2.07. The Kier molecular flexibility index (Phi) is 5.36. The number of carbonyl (C=O) groups excluding carboxylic acids is 1. The number of carboxylic acid groups (broad SMARTS) is 1. The number of unbranched alkanes of at least 4 members (excludes halogenated alkanes) is 1. The molecule has 1 rings (SSSR count). The van der Waals surface area contributed by atoms with Crippen molar-refractivity contribution in [2.45, 2.75) is 25.7 Å². The van der Waals surface area contributed by atoms with E-state index in [1.807, 2.05) is 37.2 Å². The van der Waals surface area contributed by atoms with Crippen molar-refractivity contribution in [3.63, 3.8) is 0 Å². The monoisotopic (exact) mass is 249 g/mol. The molecule has 0 fully saturated rings. The van der Waals surface area contributed by atoms with E-state index in [0.29, 0.717) is 24.8 Å². The van der Waals surface area contributed by atoms with Crippen LogP contribution in [0.15, 0.2) is 24.3 Å². The van der Waals surface area contributed by atoms with Gasteiger partial charge in [0.1, 0.15) is 0 Å². The number of hydrogen-bond donors (Lipinski definition) is 1. The average molecular weight is 249 g/mol. The molecule has 0 radical (unpaired) electrons. The summed E-state index contributed by atoms with van der Waals surface area (Å²) in [6, 6.07) is 7.47. The van der Waals surface area contributed by atoms with Gasteiger partial charge in [0.25, 0.3) is 0 Å². The molecule has 1 aromatic rings. The molecular formula is C14H19NO3. The zero-order valence-electron chi connectivity index (χ0n) is 10.8. The van der Waals surface area contributed by atoms with Crippen LogP contribution in [0.3, 0.4) is 0 Å². The third-order valence-electron chi connectivity index (χ3n) is 2.73. The van der Waals surface area contributed by atoms with E-state index in [2.05, 4.69) is 0 Å². The zero-order chi connectivity index (χ0) is 13.5. The van der Waals surface area contributed by atoms with Gasteiger partial charge in [0, 0.05) is 38.2 Å². The van der Waals surface area contributed by atoms with Crippen LogP contribution >= 0.6 is 0 Å². The molecule has 0 saturated heterocycles. The number of anilines is 1. The maximum Gasteiger partial charge on any atom is 0.303 e. The van der Waals surface area contributed by atoms with Crippen molar-refractivity contribution >= 4 is 17.4 Å². The second-order valence-corrected chi connectivity index (χ2v) is 4.47. The lowest BCUT2D eigenvalue weighted by molar-refractivity contribution is -0.137. The fourth-order valence-corrected chi connectivity index (χ4v) is 1.66. The predicted octanol–water partition coefficient (Wildman–Crippen LogP) is 2.58. The summed E-state index contributed by atoms with van der Waals surface area (Å²) < 4.78 is 0. The topological polar surface area (TPSA) is 57.6 Å². The van der Waals surface area contributed by atoms with Gasteiger partial charge >= 0.3 is 5.97 Å². The van der Waals surface area contributed by atoms with Gasteiger partial charge < -0.3 is 10.0 Å². The second kappa shape index (κ2) is 6.79. The van der Waals surface area contributed by atoms with E-state index in [9.17, 15) is 9.59 Å². The van der Waals surface area contributed by atoms with Crippen molar-refractivity contribution in [3.8, 4) is 0 Å². The van der Waals surface area contributed by atoms with Crippen LogP contribution in [-0.4, -0.2) is 31.0 Å². The summed E-state index contributed by atoms with van der Waals surface area (Å²) in [5.74, 6) is -0.735. The summed E-state index contributed by atoms with van der Waals surface area (Å²) in [6.45, 7) is 0. The number of aliphatic carboxylic acids is 1. The molecule has 0 aromatic heterocycles. The van der Waals surface area contributed by atoms with E-state index in [4.69, 9.17) is 5.11 Å². The number of carboxylic acids is 1. The van der Waals surface area contributed by atoms with Gasteiger partial charge in [-0.2, -0.15) is 0 Å². The first kappa shape index (κ1) is 14.2. The molecular weight excluding hydrogens is 230 g/mol. The molecule has 0 unspecified atom stereocenters. The van der Waals surface area contributed by atoms with Gasteiger partial charge in [-0.15, -0.1) is 0 Å². The molecule has 4 heteroatoms. The molecule has 0 spiro atoms. The minimum Gasteiger partial charge on any atom is -0.481 e. The molecule has 0 heterocycles. The van der Waals surface area contributed by atoms with Crippen molar-refractivity contribution in [2.24, 2.45) is 0 Å². The lowest BCUT2D eigenvalue weighted by Gasteiger charge is -2.13. The van der Waals surface area contributed by atoms with E-state index in [0.717, 1.165) is 5.69 Å². The van der Waals surface area contributed by atoms with Gasteiger partial charge in [0.05, 0.1) is 0 Å². The van der Waals surface area contributed by atoms with Gasteiger partial charge in [-0.1, -0.05) is 12.1 Å². The quantitative estimate of drug-likeness (QED) is 0.596. The third kappa shape index (κ3) is 4.57. The highest BCUT2D eigenvalue weighted by Crippen LogP contribution is 2.15. The summed E-state index contributed by atoms with van der Waals surface area (Å²) in [7, 11) is 3.85. The number of hydrogen-bond acceptors (Lipinski definition) is 3. The second-order valence-electron chi connectivity index (χ2n) is 4.47. The molecule has 18 heavy (non-hydrogen) atoms. The average Bonchev–Trinajstić information content (AvgIpc) is 2.34. The number of rotatable bonds is 7. The Bertz CT molecular complexity index is 427. The first-order chi connectivity index (χ1) is 8.50. The van der Waals surface area contributed by atoms with Crippen molar-refractivity contribution in [1.29, 1.82) is 0 Å². The lowest BCUT2D eigenvalue weighted by Crippen LogP contribution is -2.09. The highest BCUT2D eigenvalue weighted by molar-refractivity contribution is 5.96. The first-order valence-corrected chi connectivity index (χ1v) is 6.03. The molecule has 0 amide bonds. The number of ketones is 1. The predicted molar refractivity (Wildman–Crippen MR) is 71.2 cm³/mol. The maximum atomic E-state index is 11.9. The Morgan fingerprint density at radius 3 is 2.44 bits per heavy atom. The SMILES string of the molecule is CN(C)c1cccc(C(=O)CCCCC(=O)O)c1. The van der Waals surface area contributed by atoms with Crippen LogP contribution in [0.1, 0.15) is 36.0 Å². The Morgan fingerprint density at radius 2 is 1.83 bits per heavy atom. The molecule has 0 atom stereocenters. The normalized spacial score (nSPS) is 10.1. The standard InChI is InChI=1S/C14H19NO3/c1-15(2)12-7-5-6-11(10-12)13(16)8-3-4-9-14(17)18/h5-7,10H,3-4,8-9H2,1-2H3,(H,17,18). The molecule has 4 nitrogen and oxygen atoms in total. The largest absolute Gasteiger partial charge is 0.481 e. The molecule has 98 valence electrons. The maximum absolute atomic E-state index is 11.9. The van der Waals surface area contributed by atoms with Crippen LogP contribution in [0.2, 0.25) is 0 Å². The van der Waals surface area contributed by atoms with Gasteiger partial charge in [-0.3, -0.25) is 9.59 Å². The van der Waals surface area contributed by atoms with Crippen molar-refractivity contribution in [1.82, 2.24) is 0 Å². The van der Waals surface area contributed by atoms with Gasteiger partial charge in [0.2, 0.25) is 0 Å². The summed E-state index contributed by atoms with van der Waals surface area (Å²) in [5, 5.41) is 8.50. The first-order valence-electron chi connectivity index (χ1n) is 6.03. The Labute approximate surface area is 107 Å². The highest BCUT2D eigenvalue weighted by atomic mass is 16.4.